The molecule has 70 valence electrons. The summed E-state index contributed by atoms with van der Waals surface area (Å²) in [5, 5.41) is 0. The molecule has 1 nitrogen and oxygen atoms in total. The van der Waals surface area contributed by atoms with Gasteiger partial charge < -0.3 is 4.74 Å². The van der Waals surface area contributed by atoms with E-state index in [1.165, 1.54) is 5.57 Å². The fraction of sp³-hybridized carbons (Fsp3) is 0.636. The van der Waals surface area contributed by atoms with Gasteiger partial charge in [-0.1, -0.05) is 30.7 Å². The summed E-state index contributed by atoms with van der Waals surface area (Å²) < 4.78 is 5.09. The maximum absolute atomic E-state index is 5.09. The lowest BCUT2D eigenvalue weighted by atomic mass is 10.1. The fourth-order valence-corrected chi connectivity index (χ4v) is 0.956. The zero-order valence-corrected chi connectivity index (χ0v) is 8.63. The van der Waals surface area contributed by atoms with Gasteiger partial charge in [0.15, 0.2) is 0 Å². The molecular weight excluding hydrogens is 148 g/mol. The SMILES string of the molecule is C/C=C(/CC)C/C=C\C(C)OC. The largest absolute Gasteiger partial charge is 0.378 e. The molecule has 0 saturated heterocycles. The van der Waals surface area contributed by atoms with Crippen LogP contribution >= 0.6 is 0 Å². The molecular formula is C11H20O. The van der Waals surface area contributed by atoms with E-state index in [0.717, 1.165) is 12.8 Å². The number of rotatable bonds is 5. The van der Waals surface area contributed by atoms with Gasteiger partial charge in [0.1, 0.15) is 0 Å². The van der Waals surface area contributed by atoms with Crippen molar-refractivity contribution in [3.05, 3.63) is 23.8 Å². The van der Waals surface area contributed by atoms with Gasteiger partial charge in [0, 0.05) is 7.11 Å². The summed E-state index contributed by atoms with van der Waals surface area (Å²) in [6, 6.07) is 0. The first-order valence-electron chi connectivity index (χ1n) is 4.58. The van der Waals surface area contributed by atoms with Crippen LogP contribution in [0.5, 0.6) is 0 Å². The van der Waals surface area contributed by atoms with Crippen molar-refractivity contribution in [3.63, 3.8) is 0 Å². The average molecular weight is 168 g/mol. The lowest BCUT2D eigenvalue weighted by Gasteiger charge is -2.02. The molecule has 1 heteroatoms. The van der Waals surface area contributed by atoms with E-state index in [4.69, 9.17) is 4.74 Å². The maximum Gasteiger partial charge on any atom is 0.0723 e. The molecule has 0 aromatic rings. The van der Waals surface area contributed by atoms with Crippen molar-refractivity contribution < 1.29 is 4.74 Å². The Labute approximate surface area is 76.1 Å². The summed E-state index contributed by atoms with van der Waals surface area (Å²) in [6.45, 7) is 6.31. The zero-order chi connectivity index (χ0) is 9.40. The Balaban J connectivity index is 3.73. The predicted octanol–water partition coefficient (Wildman–Crippen LogP) is 3.32. The lowest BCUT2D eigenvalue weighted by Crippen LogP contribution is -1.98. The number of allylic oxidation sites excluding steroid dienone is 3. The highest BCUT2D eigenvalue weighted by Gasteiger charge is 1.91. The van der Waals surface area contributed by atoms with Crippen LogP contribution in [0.3, 0.4) is 0 Å². The molecule has 0 aromatic carbocycles. The Morgan fingerprint density at radius 2 is 2.17 bits per heavy atom. The Morgan fingerprint density at radius 1 is 1.50 bits per heavy atom. The number of methoxy groups -OCH3 is 1. The summed E-state index contributed by atoms with van der Waals surface area (Å²) in [6.07, 6.45) is 8.89. The molecule has 0 aliphatic heterocycles. The Kier molecular flexibility index (Phi) is 6.78. The lowest BCUT2D eigenvalue weighted by molar-refractivity contribution is 0.156. The van der Waals surface area contributed by atoms with E-state index in [1.54, 1.807) is 7.11 Å². The van der Waals surface area contributed by atoms with Crippen LogP contribution < -0.4 is 0 Å². The van der Waals surface area contributed by atoms with Crippen molar-refractivity contribution in [2.24, 2.45) is 0 Å². The van der Waals surface area contributed by atoms with Crippen LogP contribution in [0.4, 0.5) is 0 Å². The van der Waals surface area contributed by atoms with Gasteiger partial charge in [-0.05, 0) is 26.7 Å². The van der Waals surface area contributed by atoms with Gasteiger partial charge in [-0.15, -0.1) is 0 Å². The van der Waals surface area contributed by atoms with Gasteiger partial charge >= 0.3 is 0 Å². The minimum absolute atomic E-state index is 0.236. The Morgan fingerprint density at radius 3 is 2.58 bits per heavy atom. The molecule has 0 aliphatic rings. The van der Waals surface area contributed by atoms with Gasteiger partial charge in [0.2, 0.25) is 0 Å². The summed E-state index contributed by atoms with van der Waals surface area (Å²) in [5.74, 6) is 0. The van der Waals surface area contributed by atoms with E-state index in [1.807, 2.05) is 6.92 Å². The maximum atomic E-state index is 5.09. The first kappa shape index (κ1) is 11.4. The van der Waals surface area contributed by atoms with Crippen molar-refractivity contribution in [1.29, 1.82) is 0 Å². The van der Waals surface area contributed by atoms with E-state index in [0.29, 0.717) is 0 Å². The van der Waals surface area contributed by atoms with Crippen LogP contribution in [-0.2, 0) is 4.74 Å². The molecule has 0 heterocycles. The minimum atomic E-state index is 0.236. The van der Waals surface area contributed by atoms with Crippen molar-refractivity contribution in [2.45, 2.75) is 39.7 Å². The van der Waals surface area contributed by atoms with E-state index < -0.39 is 0 Å². The third-order valence-electron chi connectivity index (χ3n) is 2.02. The molecule has 0 aromatic heterocycles. The number of ether oxygens (including phenoxy) is 1. The molecule has 1 unspecified atom stereocenters. The number of hydrogen-bond donors (Lipinski definition) is 0. The van der Waals surface area contributed by atoms with E-state index in [9.17, 15) is 0 Å². The van der Waals surface area contributed by atoms with Crippen molar-refractivity contribution in [1.82, 2.24) is 0 Å². The Hall–Kier alpha value is -0.560. The van der Waals surface area contributed by atoms with Crippen LogP contribution in [0.25, 0.3) is 0 Å². The highest BCUT2D eigenvalue weighted by molar-refractivity contribution is 5.06. The van der Waals surface area contributed by atoms with Gasteiger partial charge in [0.25, 0.3) is 0 Å². The second-order valence-corrected chi connectivity index (χ2v) is 2.87. The topological polar surface area (TPSA) is 9.23 Å². The van der Waals surface area contributed by atoms with Crippen LogP contribution in [0, 0.1) is 0 Å². The van der Waals surface area contributed by atoms with Crippen molar-refractivity contribution in [2.75, 3.05) is 7.11 Å². The molecule has 0 fully saturated rings. The first-order chi connectivity index (χ1) is 5.74. The fourth-order valence-electron chi connectivity index (χ4n) is 0.956. The smallest absolute Gasteiger partial charge is 0.0723 e. The Bertz CT molecular complexity index is 156. The first-order valence-corrected chi connectivity index (χ1v) is 4.58. The summed E-state index contributed by atoms with van der Waals surface area (Å²) in [4.78, 5) is 0. The molecule has 0 spiro atoms. The quantitative estimate of drug-likeness (QED) is 0.572. The molecule has 0 amide bonds. The second-order valence-electron chi connectivity index (χ2n) is 2.87. The predicted molar refractivity (Wildman–Crippen MR) is 54.3 cm³/mol. The van der Waals surface area contributed by atoms with Gasteiger partial charge in [-0.2, -0.15) is 0 Å². The molecule has 0 radical (unpaired) electrons. The summed E-state index contributed by atoms with van der Waals surface area (Å²) in [5.41, 5.74) is 1.48. The van der Waals surface area contributed by atoms with Gasteiger partial charge in [0.05, 0.1) is 6.10 Å². The third-order valence-corrected chi connectivity index (χ3v) is 2.02. The van der Waals surface area contributed by atoms with Gasteiger partial charge in [-0.25, -0.2) is 0 Å². The average Bonchev–Trinajstić information content (AvgIpc) is 2.12. The van der Waals surface area contributed by atoms with Crippen LogP contribution in [-0.4, -0.2) is 13.2 Å². The molecule has 0 rings (SSSR count). The normalized spacial score (nSPS) is 15.5. The third kappa shape index (κ3) is 5.14. The molecule has 0 bridgehead atoms. The summed E-state index contributed by atoms with van der Waals surface area (Å²) in [7, 11) is 1.73. The van der Waals surface area contributed by atoms with Crippen LogP contribution in [0.2, 0.25) is 0 Å². The standard InChI is InChI=1S/C11H20O/c1-5-11(6-2)9-7-8-10(3)12-4/h5,7-8,10H,6,9H2,1-4H3/b8-7-,11-5-. The molecule has 12 heavy (non-hydrogen) atoms. The van der Waals surface area contributed by atoms with E-state index in [-0.39, 0.29) is 6.10 Å². The summed E-state index contributed by atoms with van der Waals surface area (Å²) >= 11 is 0. The van der Waals surface area contributed by atoms with Crippen LogP contribution in [0.1, 0.15) is 33.6 Å². The number of hydrogen-bond acceptors (Lipinski definition) is 1. The van der Waals surface area contributed by atoms with E-state index >= 15 is 0 Å². The highest BCUT2D eigenvalue weighted by atomic mass is 16.5. The van der Waals surface area contributed by atoms with Gasteiger partial charge in [-0.3, -0.25) is 0 Å². The van der Waals surface area contributed by atoms with Crippen molar-refractivity contribution >= 4 is 0 Å². The second kappa shape index (κ2) is 7.11. The monoisotopic (exact) mass is 168 g/mol. The van der Waals surface area contributed by atoms with Crippen molar-refractivity contribution in [3.8, 4) is 0 Å². The molecule has 1 atom stereocenters. The molecule has 0 aliphatic carbocycles. The highest BCUT2D eigenvalue weighted by Crippen LogP contribution is 2.07. The van der Waals surface area contributed by atoms with Crippen LogP contribution in [0.15, 0.2) is 23.8 Å². The van der Waals surface area contributed by atoms with E-state index in [2.05, 4.69) is 32.1 Å². The zero-order valence-electron chi connectivity index (χ0n) is 8.63. The molecule has 0 N–H and O–H groups in total. The minimum Gasteiger partial charge on any atom is -0.378 e. The molecule has 0 saturated carbocycles.